The topological polar surface area (TPSA) is 34.1 Å². The number of hydrogen-bond donors (Lipinski definition) is 0. The molecule has 0 aromatic rings. The van der Waals surface area contributed by atoms with Gasteiger partial charge in [0.2, 0.25) is 5.78 Å². The van der Waals surface area contributed by atoms with Gasteiger partial charge in [-0.25, -0.2) is 0 Å². The van der Waals surface area contributed by atoms with E-state index in [0.717, 1.165) is 11.8 Å². The van der Waals surface area contributed by atoms with Crippen LogP contribution in [0.5, 0.6) is 0 Å². The fraction of sp³-hybridized carbons (Fsp3) is 0.400. The highest BCUT2D eigenvalue weighted by atomic mass is 32.2. The van der Waals surface area contributed by atoms with Crippen molar-refractivity contribution in [2.75, 3.05) is 5.75 Å². The zero-order valence-corrected chi connectivity index (χ0v) is 5.46. The minimum atomic E-state index is -0.404. The summed E-state index contributed by atoms with van der Waals surface area (Å²) >= 11 is 0.940. The maximum absolute atomic E-state index is 10.3. The molecule has 0 aliphatic heterocycles. The molecule has 0 aliphatic rings. The van der Waals surface area contributed by atoms with E-state index in [1.807, 2.05) is 0 Å². The average molecular weight is 131 g/mol. The van der Waals surface area contributed by atoms with Crippen molar-refractivity contribution in [2.45, 2.75) is 6.92 Å². The zero-order valence-electron chi connectivity index (χ0n) is 4.64. The van der Waals surface area contributed by atoms with E-state index in [1.54, 1.807) is 0 Å². The van der Waals surface area contributed by atoms with Gasteiger partial charge in [-0.3, -0.25) is 9.59 Å². The van der Waals surface area contributed by atoms with Crippen molar-refractivity contribution in [3.8, 4) is 0 Å². The highest BCUT2D eigenvalue weighted by molar-refractivity contribution is 8.15. The highest BCUT2D eigenvalue weighted by Crippen LogP contribution is 1.99. The molecule has 0 unspecified atom stereocenters. The van der Waals surface area contributed by atoms with E-state index >= 15 is 0 Å². The second kappa shape index (κ2) is 3.66. The van der Waals surface area contributed by atoms with Crippen LogP contribution in [0.15, 0.2) is 0 Å². The number of hydrogen-bond acceptors (Lipinski definition) is 3. The summed E-state index contributed by atoms with van der Waals surface area (Å²) in [5.41, 5.74) is 0. The molecule has 0 aromatic carbocycles. The van der Waals surface area contributed by atoms with Gasteiger partial charge in [0.25, 0.3) is 5.12 Å². The second-order valence-electron chi connectivity index (χ2n) is 1.19. The Morgan fingerprint density at radius 1 is 1.62 bits per heavy atom. The first-order valence-corrected chi connectivity index (χ1v) is 3.14. The normalized spacial score (nSPS) is 8.75. The summed E-state index contributed by atoms with van der Waals surface area (Å²) in [6.45, 7) is 4.65. The van der Waals surface area contributed by atoms with Crippen LogP contribution in [-0.4, -0.2) is 16.7 Å². The Morgan fingerprint density at radius 2 is 2.12 bits per heavy atom. The molecule has 0 fully saturated rings. The molecule has 0 heterocycles. The zero-order chi connectivity index (χ0) is 6.57. The maximum Gasteiger partial charge on any atom is 0.254 e. The van der Waals surface area contributed by atoms with E-state index in [0.29, 0.717) is 5.75 Å². The minimum absolute atomic E-state index is 0.403. The minimum Gasteiger partial charge on any atom is -0.290 e. The molecule has 3 heteroatoms. The standard InChI is InChI=1S/C5H7O2S/c1-3-8-5(7)4(2)6/h1,3H2,2H3. The van der Waals surface area contributed by atoms with Crippen LogP contribution in [0.25, 0.3) is 0 Å². The first-order valence-electron chi connectivity index (χ1n) is 2.15. The summed E-state index contributed by atoms with van der Waals surface area (Å²) in [6, 6.07) is 0. The monoisotopic (exact) mass is 131 g/mol. The summed E-state index contributed by atoms with van der Waals surface area (Å²) in [5.74, 6) is 0.0250. The summed E-state index contributed by atoms with van der Waals surface area (Å²) in [7, 11) is 0. The molecular weight excluding hydrogens is 124 g/mol. The lowest BCUT2D eigenvalue weighted by Crippen LogP contribution is -2.03. The molecule has 0 amide bonds. The number of carbonyl (C=O) groups excluding carboxylic acids is 2. The molecule has 0 N–H and O–H groups in total. The average Bonchev–Trinajstić information content (AvgIpc) is 1.67. The van der Waals surface area contributed by atoms with Gasteiger partial charge in [0.05, 0.1) is 0 Å². The fourth-order valence-electron chi connectivity index (χ4n) is 0.194. The van der Waals surface area contributed by atoms with Crippen LogP contribution in [0.3, 0.4) is 0 Å². The molecule has 2 nitrogen and oxygen atoms in total. The second-order valence-corrected chi connectivity index (χ2v) is 2.26. The third kappa shape index (κ3) is 2.80. The summed E-state index contributed by atoms with van der Waals surface area (Å²) in [4.78, 5) is 20.5. The van der Waals surface area contributed by atoms with E-state index in [9.17, 15) is 9.59 Å². The molecule has 0 aromatic heterocycles. The molecule has 0 saturated heterocycles. The SMILES string of the molecule is [CH2]CSC(=O)C(C)=O. The number of thioether (sulfide) groups is 1. The Balaban J connectivity index is 3.49. The number of rotatable bonds is 2. The first kappa shape index (κ1) is 7.69. The summed E-state index contributed by atoms with van der Waals surface area (Å²) < 4.78 is 0. The molecule has 0 aliphatic carbocycles. The lowest BCUT2D eigenvalue weighted by atomic mass is 10.5. The summed E-state index contributed by atoms with van der Waals surface area (Å²) in [5, 5.41) is -0.403. The predicted molar refractivity (Wildman–Crippen MR) is 33.5 cm³/mol. The van der Waals surface area contributed by atoms with Gasteiger partial charge in [0.1, 0.15) is 0 Å². The fourth-order valence-corrected chi connectivity index (χ4v) is 0.583. The Bertz CT molecular complexity index is 109. The highest BCUT2D eigenvalue weighted by Gasteiger charge is 2.04. The van der Waals surface area contributed by atoms with E-state index in [2.05, 4.69) is 6.92 Å². The van der Waals surface area contributed by atoms with Crippen LogP contribution in [0.4, 0.5) is 0 Å². The molecule has 0 bridgehead atoms. The molecule has 0 spiro atoms. The first-order chi connectivity index (χ1) is 3.68. The van der Waals surface area contributed by atoms with Crippen molar-refractivity contribution in [3.63, 3.8) is 0 Å². The number of Topliss-reactive ketones (excluding diaryl/α,β-unsaturated/α-hetero) is 1. The van der Waals surface area contributed by atoms with Gasteiger partial charge in [0.15, 0.2) is 0 Å². The van der Waals surface area contributed by atoms with Crippen molar-refractivity contribution in [1.82, 2.24) is 0 Å². The van der Waals surface area contributed by atoms with Crippen LogP contribution in [0.2, 0.25) is 0 Å². The van der Waals surface area contributed by atoms with Crippen molar-refractivity contribution in [3.05, 3.63) is 6.92 Å². The molecule has 1 radical (unpaired) electrons. The molecule has 0 saturated carbocycles. The van der Waals surface area contributed by atoms with Gasteiger partial charge < -0.3 is 0 Å². The Hall–Kier alpha value is -0.310. The van der Waals surface area contributed by atoms with Gasteiger partial charge >= 0.3 is 0 Å². The van der Waals surface area contributed by atoms with Gasteiger partial charge in [0, 0.05) is 12.7 Å². The Kier molecular flexibility index (Phi) is 3.52. The lowest BCUT2D eigenvalue weighted by molar-refractivity contribution is -0.130. The Labute approximate surface area is 52.6 Å². The molecule has 45 valence electrons. The van der Waals surface area contributed by atoms with E-state index in [1.165, 1.54) is 6.92 Å². The van der Waals surface area contributed by atoms with Gasteiger partial charge in [-0.1, -0.05) is 11.8 Å². The van der Waals surface area contributed by atoms with Crippen molar-refractivity contribution in [2.24, 2.45) is 0 Å². The van der Waals surface area contributed by atoms with Crippen molar-refractivity contribution < 1.29 is 9.59 Å². The largest absolute Gasteiger partial charge is 0.290 e. The van der Waals surface area contributed by atoms with Crippen LogP contribution in [-0.2, 0) is 9.59 Å². The number of ketones is 1. The molecule has 8 heavy (non-hydrogen) atoms. The number of carbonyl (C=O) groups is 2. The van der Waals surface area contributed by atoms with Crippen LogP contribution in [0, 0.1) is 6.92 Å². The van der Waals surface area contributed by atoms with Gasteiger partial charge in [-0.05, 0) is 6.92 Å². The maximum atomic E-state index is 10.3. The molecule has 0 atom stereocenters. The van der Waals surface area contributed by atoms with Crippen molar-refractivity contribution >= 4 is 22.7 Å². The van der Waals surface area contributed by atoms with Gasteiger partial charge in [-0.2, -0.15) is 0 Å². The van der Waals surface area contributed by atoms with E-state index < -0.39 is 10.9 Å². The smallest absolute Gasteiger partial charge is 0.254 e. The quantitative estimate of drug-likeness (QED) is 0.516. The van der Waals surface area contributed by atoms with Crippen LogP contribution < -0.4 is 0 Å². The predicted octanol–water partition coefficient (Wildman–Crippen LogP) is 0.669. The summed E-state index contributed by atoms with van der Waals surface area (Å²) in [6.07, 6.45) is 0. The van der Waals surface area contributed by atoms with E-state index in [4.69, 9.17) is 0 Å². The van der Waals surface area contributed by atoms with Crippen molar-refractivity contribution in [1.29, 1.82) is 0 Å². The third-order valence-electron chi connectivity index (χ3n) is 0.521. The van der Waals surface area contributed by atoms with Crippen LogP contribution in [0.1, 0.15) is 6.92 Å². The third-order valence-corrected chi connectivity index (χ3v) is 1.27. The van der Waals surface area contributed by atoms with E-state index in [-0.39, 0.29) is 0 Å². The molecular formula is C5H7O2S. The lowest BCUT2D eigenvalue weighted by Gasteiger charge is -1.86. The van der Waals surface area contributed by atoms with Crippen LogP contribution >= 0.6 is 11.8 Å². The van der Waals surface area contributed by atoms with Gasteiger partial charge in [-0.15, -0.1) is 0 Å². The Morgan fingerprint density at radius 3 is 2.25 bits per heavy atom. The molecule has 0 rings (SSSR count).